The maximum Gasteiger partial charge on any atom is 0.148 e. The van der Waals surface area contributed by atoms with Crippen LogP contribution >= 0.6 is 11.6 Å². The average molecular weight is 151 g/mol. The van der Waals surface area contributed by atoms with Crippen LogP contribution in [0.25, 0.3) is 0 Å². The third-order valence-electron chi connectivity index (χ3n) is 1.55. The minimum atomic E-state index is 0.804. The van der Waals surface area contributed by atoms with Crippen LogP contribution in [0.3, 0.4) is 0 Å². The van der Waals surface area contributed by atoms with E-state index in [-0.39, 0.29) is 0 Å². The monoisotopic (exact) mass is 151 g/mol. The summed E-state index contributed by atoms with van der Waals surface area (Å²) < 4.78 is 0. The molecular formula is C8H9BCl. The van der Waals surface area contributed by atoms with Gasteiger partial charge in [-0.1, -0.05) is 35.5 Å². The Morgan fingerprint density at radius 3 is 2.60 bits per heavy atom. The van der Waals surface area contributed by atoms with Crippen LogP contribution < -0.4 is 5.46 Å². The first-order valence-electron chi connectivity index (χ1n) is 3.29. The molecule has 0 aromatic heterocycles. The average Bonchev–Trinajstić information content (AvgIpc) is 1.94. The van der Waals surface area contributed by atoms with Crippen LogP contribution in [0.2, 0.25) is 11.8 Å². The molecule has 0 saturated carbocycles. The molecule has 0 fully saturated rings. The Kier molecular flexibility index (Phi) is 2.39. The zero-order valence-corrected chi connectivity index (χ0v) is 6.94. The quantitative estimate of drug-likeness (QED) is 0.539. The van der Waals surface area contributed by atoms with Crippen molar-refractivity contribution in [2.75, 3.05) is 0 Å². The van der Waals surface area contributed by atoms with Crippen molar-refractivity contribution in [2.45, 2.75) is 13.7 Å². The number of hydrogen-bond acceptors (Lipinski definition) is 0. The number of hydrogen-bond donors (Lipinski definition) is 0. The summed E-state index contributed by atoms with van der Waals surface area (Å²) in [5.74, 6) is 0. The predicted molar refractivity (Wildman–Crippen MR) is 47.4 cm³/mol. The molecule has 2 heteroatoms. The molecule has 0 spiro atoms. The lowest BCUT2D eigenvalue weighted by Gasteiger charge is -2.00. The molecular weight excluding hydrogens is 142 g/mol. The lowest BCUT2D eigenvalue weighted by Crippen LogP contribution is -2.13. The molecule has 0 unspecified atom stereocenters. The maximum absolute atomic E-state index is 5.78. The minimum Gasteiger partial charge on any atom is -0.0872 e. The Morgan fingerprint density at radius 1 is 1.40 bits per heavy atom. The van der Waals surface area contributed by atoms with E-state index in [0.717, 1.165) is 5.02 Å². The largest absolute Gasteiger partial charge is 0.148 e. The lowest BCUT2D eigenvalue weighted by atomic mass is 9.71. The van der Waals surface area contributed by atoms with Crippen molar-refractivity contribution in [2.24, 2.45) is 0 Å². The van der Waals surface area contributed by atoms with Crippen molar-refractivity contribution >= 4 is 24.3 Å². The van der Waals surface area contributed by atoms with E-state index < -0.39 is 0 Å². The number of rotatable bonds is 1. The van der Waals surface area contributed by atoms with Crippen molar-refractivity contribution in [1.29, 1.82) is 0 Å². The van der Waals surface area contributed by atoms with Crippen LogP contribution in [-0.2, 0) is 0 Å². The first kappa shape index (κ1) is 7.68. The summed E-state index contributed by atoms with van der Waals surface area (Å²) in [4.78, 5) is 0. The van der Waals surface area contributed by atoms with Gasteiger partial charge in [-0.05, 0) is 19.1 Å². The van der Waals surface area contributed by atoms with E-state index in [1.807, 2.05) is 25.0 Å². The molecule has 0 aliphatic rings. The Bertz CT molecular complexity index is 233. The zero-order chi connectivity index (χ0) is 7.56. The molecule has 0 N–H and O–H groups in total. The molecule has 0 bridgehead atoms. The van der Waals surface area contributed by atoms with Crippen molar-refractivity contribution in [1.82, 2.24) is 0 Å². The molecule has 0 nitrogen and oxygen atoms in total. The summed E-state index contributed by atoms with van der Waals surface area (Å²) in [6, 6.07) is 5.90. The minimum absolute atomic E-state index is 0.804. The molecule has 10 heavy (non-hydrogen) atoms. The van der Waals surface area contributed by atoms with E-state index >= 15 is 0 Å². The summed E-state index contributed by atoms with van der Waals surface area (Å²) in [5.41, 5.74) is 2.49. The normalized spacial score (nSPS) is 9.50. The first-order chi connectivity index (χ1) is 4.74. The highest BCUT2D eigenvalue weighted by Crippen LogP contribution is 2.06. The van der Waals surface area contributed by atoms with Gasteiger partial charge in [0.1, 0.15) is 7.28 Å². The third-order valence-corrected chi connectivity index (χ3v) is 1.79. The highest BCUT2D eigenvalue weighted by Gasteiger charge is 1.95. The highest BCUT2D eigenvalue weighted by molar-refractivity contribution is 6.53. The van der Waals surface area contributed by atoms with E-state index in [2.05, 4.69) is 14.2 Å². The fraction of sp³-hybridized carbons (Fsp3) is 0.250. The molecule has 0 aliphatic carbocycles. The molecule has 0 atom stereocenters. The summed E-state index contributed by atoms with van der Waals surface area (Å²) >= 11 is 5.78. The van der Waals surface area contributed by atoms with Crippen molar-refractivity contribution in [3.8, 4) is 0 Å². The number of aryl methyl sites for hydroxylation is 1. The van der Waals surface area contributed by atoms with Gasteiger partial charge in [0.05, 0.1) is 0 Å². The zero-order valence-electron chi connectivity index (χ0n) is 6.19. The molecule has 1 radical (unpaired) electrons. The van der Waals surface area contributed by atoms with Crippen LogP contribution in [-0.4, -0.2) is 7.28 Å². The fourth-order valence-corrected chi connectivity index (χ4v) is 1.10. The first-order valence-corrected chi connectivity index (χ1v) is 3.67. The van der Waals surface area contributed by atoms with Crippen molar-refractivity contribution < 1.29 is 0 Å². The fourth-order valence-electron chi connectivity index (χ4n) is 0.922. The van der Waals surface area contributed by atoms with E-state index in [1.54, 1.807) is 0 Å². The molecule has 0 saturated heterocycles. The van der Waals surface area contributed by atoms with Crippen LogP contribution in [0.1, 0.15) is 5.56 Å². The smallest absolute Gasteiger partial charge is 0.0872 e. The van der Waals surface area contributed by atoms with Gasteiger partial charge in [-0.2, -0.15) is 0 Å². The molecule has 0 aliphatic heterocycles. The Labute approximate surface area is 67.5 Å². The van der Waals surface area contributed by atoms with E-state index in [9.17, 15) is 0 Å². The Morgan fingerprint density at radius 2 is 2.10 bits per heavy atom. The van der Waals surface area contributed by atoms with Gasteiger partial charge in [-0.3, -0.25) is 0 Å². The van der Waals surface area contributed by atoms with E-state index in [1.165, 1.54) is 11.0 Å². The maximum atomic E-state index is 5.78. The summed E-state index contributed by atoms with van der Waals surface area (Å²) in [6.45, 7) is 4.09. The van der Waals surface area contributed by atoms with E-state index in [0.29, 0.717) is 0 Å². The topological polar surface area (TPSA) is 0 Å². The van der Waals surface area contributed by atoms with Gasteiger partial charge in [-0.15, -0.1) is 0 Å². The van der Waals surface area contributed by atoms with Crippen LogP contribution in [0.5, 0.6) is 0 Å². The van der Waals surface area contributed by atoms with Crippen LogP contribution in [0, 0.1) is 6.92 Å². The molecule has 51 valence electrons. The van der Waals surface area contributed by atoms with E-state index in [4.69, 9.17) is 11.6 Å². The third kappa shape index (κ3) is 1.54. The Balaban J connectivity index is 3.09. The van der Waals surface area contributed by atoms with Crippen LogP contribution in [0.15, 0.2) is 18.2 Å². The van der Waals surface area contributed by atoms with Gasteiger partial charge in [-0.25, -0.2) is 0 Å². The standard InChI is InChI=1S/C8H9BCl/c1-6-3-4-7(10)5-8(6)9-2/h3-5H,1-2H3. The van der Waals surface area contributed by atoms with Gasteiger partial charge in [0, 0.05) is 5.02 Å². The van der Waals surface area contributed by atoms with Gasteiger partial charge in [0.15, 0.2) is 0 Å². The highest BCUT2D eigenvalue weighted by atomic mass is 35.5. The predicted octanol–water partition coefficient (Wildman–Crippen LogP) is 2.03. The second-order valence-electron chi connectivity index (χ2n) is 2.29. The molecule has 0 amide bonds. The van der Waals surface area contributed by atoms with Gasteiger partial charge >= 0.3 is 0 Å². The molecule has 1 rings (SSSR count). The summed E-state index contributed by atoms with van der Waals surface area (Å²) in [5, 5.41) is 0.804. The number of halogens is 1. The summed E-state index contributed by atoms with van der Waals surface area (Å²) in [7, 11) is 2.06. The summed E-state index contributed by atoms with van der Waals surface area (Å²) in [6.07, 6.45) is 0. The lowest BCUT2D eigenvalue weighted by molar-refractivity contribution is 1.51. The molecule has 1 aromatic carbocycles. The number of benzene rings is 1. The second kappa shape index (κ2) is 3.11. The SMILES string of the molecule is C[B]c1cc(Cl)ccc1C. The molecule has 1 aromatic rings. The van der Waals surface area contributed by atoms with Crippen LogP contribution in [0.4, 0.5) is 0 Å². The second-order valence-corrected chi connectivity index (χ2v) is 2.73. The van der Waals surface area contributed by atoms with Gasteiger partial charge in [0.25, 0.3) is 0 Å². The Hall–Kier alpha value is -0.425. The van der Waals surface area contributed by atoms with Gasteiger partial charge in [0.2, 0.25) is 0 Å². The van der Waals surface area contributed by atoms with Crippen molar-refractivity contribution in [3.63, 3.8) is 0 Å². The molecule has 0 heterocycles. The van der Waals surface area contributed by atoms with Gasteiger partial charge < -0.3 is 0 Å². The van der Waals surface area contributed by atoms with Crippen molar-refractivity contribution in [3.05, 3.63) is 28.8 Å².